The fourth-order valence-corrected chi connectivity index (χ4v) is 1.53. The maximum absolute atomic E-state index is 11.9. The summed E-state index contributed by atoms with van der Waals surface area (Å²) in [5, 5.41) is 0. The van der Waals surface area contributed by atoms with Crippen molar-refractivity contribution < 1.29 is 9.53 Å². The number of rotatable bonds is 5. The molecule has 1 heterocycles. The number of imidazole rings is 1. The Labute approximate surface area is 105 Å². The number of benzene rings is 1. The van der Waals surface area contributed by atoms with Crippen LogP contribution >= 0.6 is 0 Å². The van der Waals surface area contributed by atoms with Gasteiger partial charge in [-0.15, -0.1) is 0 Å². The van der Waals surface area contributed by atoms with Crippen LogP contribution in [0.1, 0.15) is 23.1 Å². The zero-order valence-corrected chi connectivity index (χ0v) is 10.1. The van der Waals surface area contributed by atoms with E-state index in [0.717, 1.165) is 0 Å². The van der Waals surface area contributed by atoms with E-state index in [2.05, 4.69) is 9.97 Å². The van der Waals surface area contributed by atoms with Gasteiger partial charge in [-0.1, -0.05) is 12.1 Å². The number of nitrogens with zero attached hydrogens (tertiary/aromatic N) is 1. The molecule has 2 rings (SSSR count). The Morgan fingerprint density at radius 2 is 2.39 bits per heavy atom. The van der Waals surface area contributed by atoms with Crippen LogP contribution in [0.4, 0.5) is 0 Å². The molecule has 0 aliphatic rings. The van der Waals surface area contributed by atoms with Crippen molar-refractivity contribution in [2.75, 3.05) is 6.61 Å². The molecule has 92 valence electrons. The number of hydrogen-bond acceptors (Lipinski definition) is 3. The molecule has 0 radical (unpaired) electrons. The Balaban J connectivity index is 2.11. The first-order valence-electron chi connectivity index (χ1n) is 5.74. The van der Waals surface area contributed by atoms with Crippen molar-refractivity contribution >= 4 is 11.9 Å². The lowest BCUT2D eigenvalue weighted by Gasteiger charge is -2.03. The minimum atomic E-state index is -0.0760. The van der Waals surface area contributed by atoms with Crippen LogP contribution in [0, 0.1) is 0 Å². The molecule has 0 spiro atoms. The molecule has 0 amide bonds. The molecule has 0 fully saturated rings. The van der Waals surface area contributed by atoms with E-state index in [1.807, 2.05) is 13.0 Å². The van der Waals surface area contributed by atoms with Gasteiger partial charge in [-0.3, -0.25) is 4.79 Å². The average Bonchev–Trinajstić information content (AvgIpc) is 2.90. The van der Waals surface area contributed by atoms with E-state index < -0.39 is 0 Å². The van der Waals surface area contributed by atoms with Gasteiger partial charge in [0.05, 0.1) is 6.61 Å². The molecule has 4 nitrogen and oxygen atoms in total. The van der Waals surface area contributed by atoms with Crippen molar-refractivity contribution in [3.05, 3.63) is 54.1 Å². The minimum Gasteiger partial charge on any atom is -0.494 e. The van der Waals surface area contributed by atoms with Crippen molar-refractivity contribution in [2.24, 2.45) is 0 Å². The monoisotopic (exact) mass is 242 g/mol. The number of carbonyl (C=O) groups is 1. The molecule has 0 aliphatic heterocycles. The van der Waals surface area contributed by atoms with Crippen LogP contribution < -0.4 is 4.74 Å². The summed E-state index contributed by atoms with van der Waals surface area (Å²) in [5.41, 5.74) is 0.601. The van der Waals surface area contributed by atoms with E-state index in [-0.39, 0.29) is 5.78 Å². The van der Waals surface area contributed by atoms with Gasteiger partial charge >= 0.3 is 0 Å². The normalized spacial score (nSPS) is 10.7. The van der Waals surface area contributed by atoms with Gasteiger partial charge in [0.2, 0.25) is 0 Å². The van der Waals surface area contributed by atoms with Crippen molar-refractivity contribution in [3.8, 4) is 5.75 Å². The second-order valence-electron chi connectivity index (χ2n) is 3.63. The highest BCUT2D eigenvalue weighted by Gasteiger charge is 2.03. The first-order chi connectivity index (χ1) is 8.79. The second-order valence-corrected chi connectivity index (χ2v) is 3.63. The van der Waals surface area contributed by atoms with Crippen molar-refractivity contribution in [1.82, 2.24) is 9.97 Å². The van der Waals surface area contributed by atoms with Gasteiger partial charge in [0.25, 0.3) is 0 Å². The Morgan fingerprint density at radius 1 is 1.50 bits per heavy atom. The predicted molar refractivity (Wildman–Crippen MR) is 69.6 cm³/mol. The van der Waals surface area contributed by atoms with Crippen LogP contribution in [0.3, 0.4) is 0 Å². The van der Waals surface area contributed by atoms with E-state index in [1.165, 1.54) is 6.08 Å². The lowest BCUT2D eigenvalue weighted by Crippen LogP contribution is -1.97. The summed E-state index contributed by atoms with van der Waals surface area (Å²) in [6, 6.07) is 7.13. The van der Waals surface area contributed by atoms with E-state index >= 15 is 0 Å². The molecule has 0 aliphatic carbocycles. The quantitative estimate of drug-likeness (QED) is 0.648. The molecular formula is C14H14N2O2. The maximum atomic E-state index is 11.9. The Hall–Kier alpha value is -2.36. The van der Waals surface area contributed by atoms with E-state index in [9.17, 15) is 4.79 Å². The van der Waals surface area contributed by atoms with Crippen LogP contribution in [0.25, 0.3) is 6.08 Å². The molecule has 0 atom stereocenters. The lowest BCUT2D eigenvalue weighted by molar-refractivity contribution is 0.104. The number of hydrogen-bond donors (Lipinski definition) is 1. The molecule has 0 saturated heterocycles. The van der Waals surface area contributed by atoms with Crippen LogP contribution in [-0.4, -0.2) is 22.4 Å². The summed E-state index contributed by atoms with van der Waals surface area (Å²) in [6.07, 6.45) is 6.49. The fraction of sp³-hybridized carbons (Fsp3) is 0.143. The number of nitrogens with one attached hydrogen (secondary N) is 1. The van der Waals surface area contributed by atoms with Gasteiger partial charge in [0, 0.05) is 18.0 Å². The summed E-state index contributed by atoms with van der Waals surface area (Å²) < 4.78 is 5.35. The number of aromatic nitrogens is 2. The SMILES string of the molecule is CCOc1cccc(C(=O)/C=C\c2ncc[nH]2)c1. The number of ether oxygens (including phenoxy) is 1. The first kappa shape index (κ1) is 12.1. The summed E-state index contributed by atoms with van der Waals surface area (Å²) in [6.45, 7) is 2.49. The van der Waals surface area contributed by atoms with Gasteiger partial charge in [-0.25, -0.2) is 4.98 Å². The number of aromatic amines is 1. The highest BCUT2D eigenvalue weighted by molar-refractivity contribution is 6.06. The fourth-order valence-electron chi connectivity index (χ4n) is 1.53. The molecule has 0 unspecified atom stereocenters. The summed E-state index contributed by atoms with van der Waals surface area (Å²) in [7, 11) is 0. The zero-order valence-electron chi connectivity index (χ0n) is 10.1. The number of allylic oxidation sites excluding steroid dienone is 1. The van der Waals surface area contributed by atoms with Crippen LogP contribution in [0.2, 0.25) is 0 Å². The van der Waals surface area contributed by atoms with Gasteiger partial charge in [-0.05, 0) is 31.2 Å². The average molecular weight is 242 g/mol. The number of ketones is 1. The van der Waals surface area contributed by atoms with E-state index in [4.69, 9.17) is 4.74 Å². The van der Waals surface area contributed by atoms with E-state index in [1.54, 1.807) is 36.7 Å². The third-order valence-corrected chi connectivity index (χ3v) is 2.34. The van der Waals surface area contributed by atoms with Crippen LogP contribution in [0.5, 0.6) is 5.75 Å². The number of carbonyl (C=O) groups excluding carboxylic acids is 1. The highest BCUT2D eigenvalue weighted by Crippen LogP contribution is 2.14. The van der Waals surface area contributed by atoms with E-state index in [0.29, 0.717) is 23.7 Å². The zero-order chi connectivity index (χ0) is 12.8. The third-order valence-electron chi connectivity index (χ3n) is 2.34. The molecule has 1 aromatic heterocycles. The Morgan fingerprint density at radius 3 is 3.11 bits per heavy atom. The van der Waals surface area contributed by atoms with Gasteiger partial charge < -0.3 is 9.72 Å². The Bertz CT molecular complexity index is 545. The summed E-state index contributed by atoms with van der Waals surface area (Å²) in [5.74, 6) is 1.28. The largest absolute Gasteiger partial charge is 0.494 e. The molecule has 0 saturated carbocycles. The summed E-state index contributed by atoms with van der Waals surface area (Å²) in [4.78, 5) is 18.8. The molecule has 2 aromatic rings. The lowest BCUT2D eigenvalue weighted by atomic mass is 10.1. The van der Waals surface area contributed by atoms with Crippen LogP contribution in [0.15, 0.2) is 42.7 Å². The first-order valence-corrected chi connectivity index (χ1v) is 5.74. The van der Waals surface area contributed by atoms with Crippen molar-refractivity contribution in [2.45, 2.75) is 6.92 Å². The maximum Gasteiger partial charge on any atom is 0.186 e. The number of H-pyrrole nitrogens is 1. The molecule has 4 heteroatoms. The molecule has 1 aromatic carbocycles. The highest BCUT2D eigenvalue weighted by atomic mass is 16.5. The smallest absolute Gasteiger partial charge is 0.186 e. The second kappa shape index (κ2) is 5.82. The topological polar surface area (TPSA) is 55.0 Å². The predicted octanol–water partition coefficient (Wildman–Crippen LogP) is 2.70. The standard InChI is InChI=1S/C14H14N2O2/c1-2-18-12-5-3-4-11(10-12)13(17)6-7-14-15-8-9-16-14/h3-10H,2H2,1H3,(H,15,16)/b7-6-. The molecular weight excluding hydrogens is 228 g/mol. The molecule has 0 bridgehead atoms. The molecule has 1 N–H and O–H groups in total. The van der Waals surface area contributed by atoms with Gasteiger partial charge in [0.1, 0.15) is 11.6 Å². The summed E-state index contributed by atoms with van der Waals surface area (Å²) >= 11 is 0. The minimum absolute atomic E-state index is 0.0760. The third kappa shape index (κ3) is 3.07. The van der Waals surface area contributed by atoms with Crippen molar-refractivity contribution in [3.63, 3.8) is 0 Å². The van der Waals surface area contributed by atoms with Crippen molar-refractivity contribution in [1.29, 1.82) is 0 Å². The van der Waals surface area contributed by atoms with Crippen LogP contribution in [-0.2, 0) is 0 Å². The molecule has 18 heavy (non-hydrogen) atoms. The Kier molecular flexibility index (Phi) is 3.91. The van der Waals surface area contributed by atoms with Gasteiger partial charge in [0.15, 0.2) is 5.78 Å². The van der Waals surface area contributed by atoms with Gasteiger partial charge in [-0.2, -0.15) is 0 Å².